The van der Waals surface area contributed by atoms with E-state index >= 15 is 0 Å². The molecule has 0 radical (unpaired) electrons. The molecule has 0 aliphatic heterocycles. The topological polar surface area (TPSA) is 93.7 Å². The molecule has 0 heterocycles. The number of ether oxygens (including phenoxy) is 2. The summed E-state index contributed by atoms with van der Waals surface area (Å²) < 4.78 is 10.4. The summed E-state index contributed by atoms with van der Waals surface area (Å²) in [6.07, 6.45) is 13.0. The second-order valence-electron chi connectivity index (χ2n) is 8.49. The minimum absolute atomic E-state index is 0.0248. The number of carbonyl (C=O) groups excluding carboxylic acids is 3. The lowest BCUT2D eigenvalue weighted by Crippen LogP contribution is -2.37. The third-order valence-corrected chi connectivity index (χ3v) is 5.46. The number of carbonyl (C=O) groups is 3. The second kappa shape index (κ2) is 22.6. The zero-order valence-electron chi connectivity index (χ0n) is 20.8. The lowest BCUT2D eigenvalue weighted by molar-refractivity contribution is -0.149. The number of methoxy groups -OCH3 is 1. The van der Waals surface area contributed by atoms with Crippen molar-refractivity contribution in [1.82, 2.24) is 10.6 Å². The molecule has 32 heavy (non-hydrogen) atoms. The standard InChI is InChI=1S/C25H48N2O5/c1-4-6-10-16-22(15-5-2)25(30)32-20-14-9-11-17-23(28)27-21-24(29)26-18-12-7-8-13-19-31-3/h22H,4-21H2,1-3H3,(H,26,29)(H,27,28). The van der Waals surface area contributed by atoms with Crippen LogP contribution in [0.15, 0.2) is 0 Å². The predicted molar refractivity (Wildman–Crippen MR) is 128 cm³/mol. The summed E-state index contributed by atoms with van der Waals surface area (Å²) in [6.45, 7) is 6.12. The average molecular weight is 457 g/mol. The molecule has 0 rings (SSSR count). The van der Waals surface area contributed by atoms with E-state index in [9.17, 15) is 14.4 Å². The first-order valence-corrected chi connectivity index (χ1v) is 12.7. The summed E-state index contributed by atoms with van der Waals surface area (Å²) in [5.74, 6) is -0.306. The van der Waals surface area contributed by atoms with Crippen LogP contribution in [0.25, 0.3) is 0 Å². The van der Waals surface area contributed by atoms with Gasteiger partial charge in [-0.2, -0.15) is 0 Å². The molecule has 7 heteroatoms. The van der Waals surface area contributed by atoms with Gasteiger partial charge in [-0.3, -0.25) is 14.4 Å². The molecule has 2 amide bonds. The summed E-state index contributed by atoms with van der Waals surface area (Å²) in [4.78, 5) is 35.9. The van der Waals surface area contributed by atoms with Crippen molar-refractivity contribution in [1.29, 1.82) is 0 Å². The van der Waals surface area contributed by atoms with Crippen molar-refractivity contribution in [2.24, 2.45) is 5.92 Å². The highest BCUT2D eigenvalue weighted by molar-refractivity contribution is 5.84. The van der Waals surface area contributed by atoms with E-state index in [1.807, 2.05) is 0 Å². The average Bonchev–Trinajstić information content (AvgIpc) is 2.78. The molecule has 1 atom stereocenters. The highest BCUT2D eigenvalue weighted by atomic mass is 16.5. The first-order chi connectivity index (χ1) is 15.5. The monoisotopic (exact) mass is 456 g/mol. The zero-order chi connectivity index (χ0) is 23.9. The SMILES string of the molecule is CCCCCC(CCC)C(=O)OCCCCCC(=O)NCC(=O)NCCCCCCOC. The van der Waals surface area contributed by atoms with E-state index in [2.05, 4.69) is 24.5 Å². The van der Waals surface area contributed by atoms with Crippen molar-refractivity contribution >= 4 is 17.8 Å². The van der Waals surface area contributed by atoms with Gasteiger partial charge in [-0.15, -0.1) is 0 Å². The van der Waals surface area contributed by atoms with Gasteiger partial charge in [0.05, 0.1) is 19.1 Å². The molecule has 0 spiro atoms. The Kier molecular flexibility index (Phi) is 21.4. The molecule has 188 valence electrons. The zero-order valence-corrected chi connectivity index (χ0v) is 20.8. The molecule has 0 aromatic rings. The van der Waals surface area contributed by atoms with E-state index < -0.39 is 0 Å². The summed E-state index contributed by atoms with van der Waals surface area (Å²) >= 11 is 0. The number of hydrogen-bond donors (Lipinski definition) is 2. The van der Waals surface area contributed by atoms with Gasteiger partial charge in [0.15, 0.2) is 0 Å². The van der Waals surface area contributed by atoms with Crippen molar-refractivity contribution in [2.45, 2.75) is 104 Å². The van der Waals surface area contributed by atoms with Crippen molar-refractivity contribution in [3.63, 3.8) is 0 Å². The Morgan fingerprint density at radius 3 is 2.16 bits per heavy atom. The number of rotatable bonds is 22. The van der Waals surface area contributed by atoms with E-state index in [1.54, 1.807) is 7.11 Å². The van der Waals surface area contributed by atoms with Crippen LogP contribution < -0.4 is 10.6 Å². The maximum absolute atomic E-state index is 12.2. The molecule has 0 aliphatic carbocycles. The largest absolute Gasteiger partial charge is 0.465 e. The third kappa shape index (κ3) is 19.1. The Hall–Kier alpha value is -1.63. The minimum Gasteiger partial charge on any atom is -0.465 e. The maximum Gasteiger partial charge on any atom is 0.308 e. The maximum atomic E-state index is 12.2. The lowest BCUT2D eigenvalue weighted by atomic mass is 9.97. The normalized spacial score (nSPS) is 11.7. The summed E-state index contributed by atoms with van der Waals surface area (Å²) in [6, 6.07) is 0. The molecule has 0 bridgehead atoms. The number of nitrogens with one attached hydrogen (secondary N) is 2. The number of unbranched alkanes of at least 4 members (excludes halogenated alkanes) is 7. The van der Waals surface area contributed by atoms with Crippen molar-refractivity contribution in [3.05, 3.63) is 0 Å². The van der Waals surface area contributed by atoms with E-state index in [4.69, 9.17) is 9.47 Å². The first kappa shape index (κ1) is 30.4. The molecular formula is C25H48N2O5. The molecule has 7 nitrogen and oxygen atoms in total. The van der Waals surface area contributed by atoms with Crippen LogP contribution in [0, 0.1) is 5.92 Å². The fourth-order valence-electron chi connectivity index (χ4n) is 3.51. The van der Waals surface area contributed by atoms with Gasteiger partial charge in [0.2, 0.25) is 11.8 Å². The number of esters is 1. The van der Waals surface area contributed by atoms with Crippen LogP contribution in [-0.4, -0.2) is 51.2 Å². The fraction of sp³-hybridized carbons (Fsp3) is 0.880. The third-order valence-electron chi connectivity index (χ3n) is 5.46. The Balaban J connectivity index is 3.67. The van der Waals surface area contributed by atoms with Crippen LogP contribution in [0.1, 0.15) is 104 Å². The Morgan fingerprint density at radius 1 is 0.719 bits per heavy atom. The van der Waals surface area contributed by atoms with Gasteiger partial charge < -0.3 is 20.1 Å². The minimum atomic E-state index is -0.150. The second-order valence-corrected chi connectivity index (χ2v) is 8.49. The van der Waals surface area contributed by atoms with Crippen molar-refractivity contribution in [2.75, 3.05) is 33.4 Å². The van der Waals surface area contributed by atoms with Crippen LogP contribution in [-0.2, 0) is 23.9 Å². The summed E-state index contributed by atoms with van der Waals surface area (Å²) in [5, 5.41) is 5.48. The predicted octanol–water partition coefficient (Wildman–Crippen LogP) is 4.53. The van der Waals surface area contributed by atoms with E-state index in [1.165, 1.54) is 0 Å². The van der Waals surface area contributed by atoms with Crippen LogP contribution in [0.2, 0.25) is 0 Å². The highest BCUT2D eigenvalue weighted by Crippen LogP contribution is 2.17. The van der Waals surface area contributed by atoms with Gasteiger partial charge in [0, 0.05) is 26.7 Å². The Labute approximate surface area is 195 Å². The van der Waals surface area contributed by atoms with Crippen LogP contribution in [0.3, 0.4) is 0 Å². The van der Waals surface area contributed by atoms with Crippen LogP contribution >= 0.6 is 0 Å². The van der Waals surface area contributed by atoms with Gasteiger partial charge in [0.1, 0.15) is 0 Å². The Morgan fingerprint density at radius 2 is 1.44 bits per heavy atom. The molecule has 0 saturated heterocycles. The highest BCUT2D eigenvalue weighted by Gasteiger charge is 2.18. The molecule has 0 aromatic carbocycles. The number of amides is 2. The van der Waals surface area contributed by atoms with Gasteiger partial charge in [-0.05, 0) is 44.9 Å². The molecule has 0 saturated carbocycles. The van der Waals surface area contributed by atoms with Crippen LogP contribution in [0.4, 0.5) is 0 Å². The Bertz CT molecular complexity index is 485. The molecule has 0 fully saturated rings. The molecule has 0 aromatic heterocycles. The molecule has 2 N–H and O–H groups in total. The summed E-state index contributed by atoms with van der Waals surface area (Å²) in [5.41, 5.74) is 0. The lowest BCUT2D eigenvalue weighted by Gasteiger charge is -2.15. The fourth-order valence-corrected chi connectivity index (χ4v) is 3.51. The van der Waals surface area contributed by atoms with Gasteiger partial charge in [0.25, 0.3) is 0 Å². The molecular weight excluding hydrogens is 408 g/mol. The van der Waals surface area contributed by atoms with Crippen molar-refractivity contribution < 1.29 is 23.9 Å². The van der Waals surface area contributed by atoms with Gasteiger partial charge >= 0.3 is 5.97 Å². The van der Waals surface area contributed by atoms with Gasteiger partial charge in [-0.1, -0.05) is 52.4 Å². The quantitative estimate of drug-likeness (QED) is 0.184. The molecule has 1 unspecified atom stereocenters. The number of hydrogen-bond acceptors (Lipinski definition) is 5. The van der Waals surface area contributed by atoms with E-state index in [0.717, 1.165) is 90.1 Å². The molecule has 0 aliphatic rings. The van der Waals surface area contributed by atoms with Crippen molar-refractivity contribution in [3.8, 4) is 0 Å². The first-order valence-electron chi connectivity index (χ1n) is 12.7. The van der Waals surface area contributed by atoms with Crippen LogP contribution in [0.5, 0.6) is 0 Å². The summed E-state index contributed by atoms with van der Waals surface area (Å²) in [7, 11) is 1.70. The smallest absolute Gasteiger partial charge is 0.308 e. The van der Waals surface area contributed by atoms with E-state index in [-0.39, 0.29) is 30.2 Å². The van der Waals surface area contributed by atoms with Gasteiger partial charge in [-0.25, -0.2) is 0 Å². The van der Waals surface area contributed by atoms with E-state index in [0.29, 0.717) is 19.6 Å².